The van der Waals surface area contributed by atoms with Gasteiger partial charge in [-0.15, -0.1) is 0 Å². The number of nitrogens with one attached hydrogen (secondary N) is 2. The van der Waals surface area contributed by atoms with Crippen LogP contribution in [0.4, 0.5) is 10.2 Å². The first-order chi connectivity index (χ1) is 18.0. The Balaban J connectivity index is 1.32. The molecule has 190 valence electrons. The van der Waals surface area contributed by atoms with Gasteiger partial charge in [-0.3, -0.25) is 14.8 Å². The number of para-hydroxylation sites is 1. The number of pyridine rings is 2. The summed E-state index contributed by atoms with van der Waals surface area (Å²) in [5, 5.41) is 6.49. The minimum absolute atomic E-state index is 0.0254. The van der Waals surface area contributed by atoms with Crippen molar-refractivity contribution >= 4 is 22.6 Å². The lowest BCUT2D eigenvalue weighted by Crippen LogP contribution is -2.21. The van der Waals surface area contributed by atoms with E-state index in [9.17, 15) is 9.18 Å². The van der Waals surface area contributed by atoms with E-state index >= 15 is 0 Å². The number of carbonyl (C=O) groups excluding carboxylic acids is 1. The maximum absolute atomic E-state index is 14.4. The van der Waals surface area contributed by atoms with Crippen molar-refractivity contribution in [2.75, 3.05) is 18.9 Å². The van der Waals surface area contributed by atoms with Gasteiger partial charge in [0.25, 0.3) is 5.91 Å². The zero-order valence-electron chi connectivity index (χ0n) is 21.3. The quantitative estimate of drug-likeness (QED) is 0.324. The van der Waals surface area contributed by atoms with Gasteiger partial charge in [0.05, 0.1) is 23.0 Å². The van der Waals surface area contributed by atoms with Crippen LogP contribution in [-0.4, -0.2) is 39.4 Å². The van der Waals surface area contributed by atoms with Crippen molar-refractivity contribution in [3.8, 4) is 11.3 Å². The Bertz CT molecular complexity index is 1440. The lowest BCUT2D eigenvalue weighted by molar-refractivity contribution is 0.0960. The van der Waals surface area contributed by atoms with Gasteiger partial charge in [0.15, 0.2) is 5.82 Å². The Morgan fingerprint density at radius 3 is 2.70 bits per heavy atom. The average molecular weight is 499 g/mol. The molecule has 0 spiro atoms. The van der Waals surface area contributed by atoms with Crippen molar-refractivity contribution < 1.29 is 9.18 Å². The second-order valence-corrected chi connectivity index (χ2v) is 9.84. The molecule has 1 fully saturated rings. The molecule has 0 aliphatic heterocycles. The molecule has 37 heavy (non-hydrogen) atoms. The van der Waals surface area contributed by atoms with Crippen molar-refractivity contribution in [2.45, 2.75) is 44.9 Å². The Morgan fingerprint density at radius 1 is 1.11 bits per heavy atom. The van der Waals surface area contributed by atoms with Crippen molar-refractivity contribution in [1.29, 1.82) is 0 Å². The molecule has 7 nitrogen and oxygen atoms in total. The highest BCUT2D eigenvalue weighted by Crippen LogP contribution is 2.36. The number of nitrogens with zero attached hydrogens (tertiary/aromatic N) is 4. The maximum atomic E-state index is 14.4. The number of amides is 1. The molecule has 1 aliphatic rings. The molecule has 0 bridgehead atoms. The first kappa shape index (κ1) is 24.7. The zero-order chi connectivity index (χ0) is 25.9. The molecule has 1 aromatic carbocycles. The molecule has 2 atom stereocenters. The predicted molar refractivity (Wildman–Crippen MR) is 143 cm³/mol. The number of carbonyl (C=O) groups is 1. The van der Waals surface area contributed by atoms with Crippen molar-refractivity contribution in [3.05, 3.63) is 77.8 Å². The molecule has 3 heterocycles. The maximum Gasteiger partial charge on any atom is 0.254 e. The van der Waals surface area contributed by atoms with Crippen molar-refractivity contribution in [3.63, 3.8) is 0 Å². The minimum Gasteiger partial charge on any atom is -0.370 e. The van der Waals surface area contributed by atoms with E-state index in [1.807, 2.05) is 30.5 Å². The number of benzene rings is 1. The summed E-state index contributed by atoms with van der Waals surface area (Å²) >= 11 is 0. The fourth-order valence-electron chi connectivity index (χ4n) is 4.84. The summed E-state index contributed by atoms with van der Waals surface area (Å²) in [5.41, 5.74) is 4.69. The van der Waals surface area contributed by atoms with E-state index in [1.54, 1.807) is 12.4 Å². The summed E-state index contributed by atoms with van der Waals surface area (Å²) in [5.74, 6) is 0.530. The van der Waals surface area contributed by atoms with Crippen LogP contribution < -0.4 is 10.6 Å². The molecule has 2 N–H and O–H groups in total. The van der Waals surface area contributed by atoms with Crippen LogP contribution in [0, 0.1) is 11.7 Å². The molecule has 8 heteroatoms. The SMILES string of the molecule is CNC(=O)c1c(F)cnc2c(C(C)C(C)CNc3cc(-c4ccnc(C5CCC5)c4)ncn3)cccc12. The zero-order valence-corrected chi connectivity index (χ0v) is 21.3. The Hall–Kier alpha value is -3.94. The minimum atomic E-state index is -0.625. The number of fused-ring (bicyclic) bond motifs is 1. The number of aromatic nitrogens is 4. The Labute approximate surface area is 216 Å². The monoisotopic (exact) mass is 498 g/mol. The highest BCUT2D eigenvalue weighted by Gasteiger charge is 2.23. The van der Waals surface area contributed by atoms with Gasteiger partial charge in [0, 0.05) is 48.4 Å². The van der Waals surface area contributed by atoms with E-state index in [0.29, 0.717) is 23.4 Å². The third-order valence-electron chi connectivity index (χ3n) is 7.55. The third-order valence-corrected chi connectivity index (χ3v) is 7.55. The van der Waals surface area contributed by atoms with Gasteiger partial charge in [0.1, 0.15) is 12.1 Å². The molecule has 1 saturated carbocycles. The number of rotatable bonds is 8. The molecule has 3 aromatic heterocycles. The standard InChI is InChI=1S/C29H31FN6O/c1-17(18(2)21-8-5-9-22-27(29(37)31-3)23(30)15-34-28(21)22)14-33-26-13-25(35-16-36-26)20-10-11-32-24(12-20)19-6-4-7-19/h5,8-13,15-19H,4,6-7,14H2,1-3H3,(H,31,37)(H,33,35,36). The first-order valence-electron chi connectivity index (χ1n) is 12.8. The average Bonchev–Trinajstić information content (AvgIpc) is 2.90. The predicted octanol–water partition coefficient (Wildman–Crippen LogP) is 5.70. The van der Waals surface area contributed by atoms with Gasteiger partial charge in [-0.1, -0.05) is 38.5 Å². The molecule has 2 unspecified atom stereocenters. The van der Waals surface area contributed by atoms with Gasteiger partial charge in [-0.05, 0) is 42.4 Å². The summed E-state index contributed by atoms with van der Waals surface area (Å²) in [4.78, 5) is 30.1. The fourth-order valence-corrected chi connectivity index (χ4v) is 4.84. The largest absolute Gasteiger partial charge is 0.370 e. The van der Waals surface area contributed by atoms with Gasteiger partial charge < -0.3 is 10.6 Å². The summed E-state index contributed by atoms with van der Waals surface area (Å²) in [6, 6.07) is 11.7. The second-order valence-electron chi connectivity index (χ2n) is 9.84. The van der Waals surface area contributed by atoms with Gasteiger partial charge >= 0.3 is 0 Å². The lowest BCUT2D eigenvalue weighted by atomic mass is 9.82. The smallest absolute Gasteiger partial charge is 0.254 e. The molecule has 0 saturated heterocycles. The van der Waals surface area contributed by atoms with Gasteiger partial charge in [-0.25, -0.2) is 14.4 Å². The summed E-state index contributed by atoms with van der Waals surface area (Å²) in [7, 11) is 1.49. The van der Waals surface area contributed by atoms with E-state index in [-0.39, 0.29) is 17.4 Å². The van der Waals surface area contributed by atoms with Crippen molar-refractivity contribution in [1.82, 2.24) is 25.3 Å². The Morgan fingerprint density at radius 2 is 1.95 bits per heavy atom. The van der Waals surface area contributed by atoms with E-state index < -0.39 is 11.7 Å². The summed E-state index contributed by atoms with van der Waals surface area (Å²) < 4.78 is 14.4. The van der Waals surface area contributed by atoms with Crippen LogP contribution in [0.2, 0.25) is 0 Å². The van der Waals surface area contributed by atoms with E-state index in [4.69, 9.17) is 0 Å². The van der Waals surface area contributed by atoms with Crippen LogP contribution in [0.5, 0.6) is 0 Å². The van der Waals surface area contributed by atoms with Crippen LogP contribution in [0.3, 0.4) is 0 Å². The number of anilines is 1. The fraction of sp³-hybridized carbons (Fsp3) is 0.345. The first-order valence-corrected chi connectivity index (χ1v) is 12.8. The van der Waals surface area contributed by atoms with Crippen LogP contribution >= 0.6 is 0 Å². The second kappa shape index (κ2) is 10.6. The molecular weight excluding hydrogens is 467 g/mol. The van der Waals surface area contributed by atoms with Gasteiger partial charge in [0.2, 0.25) is 0 Å². The highest BCUT2D eigenvalue weighted by atomic mass is 19.1. The molecular formula is C29H31FN6O. The molecule has 5 rings (SSSR count). The van der Waals surface area contributed by atoms with Crippen LogP contribution in [0.1, 0.15) is 66.6 Å². The number of halogens is 1. The highest BCUT2D eigenvalue weighted by molar-refractivity contribution is 6.06. The van der Waals surface area contributed by atoms with Crippen molar-refractivity contribution in [2.24, 2.45) is 5.92 Å². The van der Waals surface area contributed by atoms with E-state index in [1.165, 1.54) is 26.3 Å². The van der Waals surface area contributed by atoms with E-state index in [2.05, 4.69) is 50.5 Å². The lowest BCUT2D eigenvalue weighted by Gasteiger charge is -2.24. The molecule has 1 aliphatic carbocycles. The number of hydrogen-bond acceptors (Lipinski definition) is 6. The molecule has 4 aromatic rings. The van der Waals surface area contributed by atoms with Gasteiger partial charge in [-0.2, -0.15) is 0 Å². The topological polar surface area (TPSA) is 92.7 Å². The third kappa shape index (κ3) is 5.01. The Kier molecular flexibility index (Phi) is 7.08. The summed E-state index contributed by atoms with van der Waals surface area (Å²) in [6.45, 7) is 4.94. The van der Waals surface area contributed by atoms with Crippen LogP contribution in [0.25, 0.3) is 22.2 Å². The number of hydrogen-bond donors (Lipinski definition) is 2. The molecule has 1 amide bonds. The van der Waals surface area contributed by atoms with Crippen LogP contribution in [0.15, 0.2) is 55.1 Å². The molecule has 0 radical (unpaired) electrons. The summed E-state index contributed by atoms with van der Waals surface area (Å²) in [6.07, 6.45) is 8.26. The van der Waals surface area contributed by atoms with E-state index in [0.717, 1.165) is 34.5 Å². The normalized spacial score (nSPS) is 15.1. The van der Waals surface area contributed by atoms with Crippen LogP contribution in [-0.2, 0) is 0 Å².